The minimum atomic E-state index is -0.0190. The third-order valence-corrected chi connectivity index (χ3v) is 5.47. The van der Waals surface area contributed by atoms with Gasteiger partial charge in [-0.3, -0.25) is 9.59 Å². The Bertz CT molecular complexity index is 564. The molecule has 0 aromatic heterocycles. The summed E-state index contributed by atoms with van der Waals surface area (Å²) in [5.74, 6) is 0.773. The molecule has 2 aliphatic rings. The average Bonchev–Trinajstić information content (AvgIpc) is 2.44. The van der Waals surface area contributed by atoms with Gasteiger partial charge >= 0.3 is 0 Å². The van der Waals surface area contributed by atoms with Gasteiger partial charge in [0.15, 0.2) is 0 Å². The summed E-state index contributed by atoms with van der Waals surface area (Å²) in [7, 11) is 1.87. The largest absolute Gasteiger partial charge is 0.351 e. The van der Waals surface area contributed by atoms with Crippen LogP contribution in [0.4, 0.5) is 0 Å². The number of nitrogens with one attached hydrogen (secondary N) is 1. The molecule has 130 valence electrons. The van der Waals surface area contributed by atoms with Gasteiger partial charge < -0.3 is 10.2 Å². The molecular weight excluding hydrogens is 300 g/mol. The molecule has 1 N–H and O–H groups in total. The highest BCUT2D eigenvalue weighted by molar-refractivity contribution is 5.81. The van der Waals surface area contributed by atoms with Crippen LogP contribution < -0.4 is 5.32 Å². The Morgan fingerprint density at radius 3 is 2.25 bits per heavy atom. The van der Waals surface area contributed by atoms with E-state index in [0.717, 1.165) is 44.9 Å². The predicted molar refractivity (Wildman–Crippen MR) is 94.4 cm³/mol. The third-order valence-electron chi connectivity index (χ3n) is 5.47. The average molecular weight is 328 g/mol. The molecule has 2 aliphatic carbocycles. The second-order valence-corrected chi connectivity index (χ2v) is 7.37. The van der Waals surface area contributed by atoms with Crippen LogP contribution in [0.1, 0.15) is 44.1 Å². The fourth-order valence-electron chi connectivity index (χ4n) is 3.44. The molecule has 4 heteroatoms. The molecule has 0 spiro atoms. The lowest BCUT2D eigenvalue weighted by Crippen LogP contribution is -2.49. The summed E-state index contributed by atoms with van der Waals surface area (Å²) in [6.45, 7) is 0.586. The van der Waals surface area contributed by atoms with Gasteiger partial charge in [0.25, 0.3) is 0 Å². The molecule has 2 amide bonds. The molecule has 0 saturated heterocycles. The van der Waals surface area contributed by atoms with E-state index in [1.54, 1.807) is 0 Å². The maximum atomic E-state index is 12.4. The first-order valence-electron chi connectivity index (χ1n) is 9.23. The Morgan fingerprint density at radius 1 is 1.08 bits per heavy atom. The molecule has 0 bridgehead atoms. The Kier molecular flexibility index (Phi) is 5.54. The lowest BCUT2D eigenvalue weighted by Gasteiger charge is -2.33. The zero-order valence-corrected chi connectivity index (χ0v) is 14.5. The number of carbonyl (C=O) groups excluding carboxylic acids is 2. The lowest BCUT2D eigenvalue weighted by atomic mass is 9.84. The summed E-state index contributed by atoms with van der Waals surface area (Å²) < 4.78 is 0. The molecule has 0 radical (unpaired) electrons. The fourth-order valence-corrected chi connectivity index (χ4v) is 3.44. The van der Waals surface area contributed by atoms with Crippen LogP contribution in [0.3, 0.4) is 0 Å². The zero-order chi connectivity index (χ0) is 16.9. The second-order valence-electron chi connectivity index (χ2n) is 7.37. The van der Waals surface area contributed by atoms with Gasteiger partial charge in [0, 0.05) is 25.4 Å². The summed E-state index contributed by atoms with van der Waals surface area (Å²) in [6.07, 6.45) is 7.11. The zero-order valence-electron chi connectivity index (χ0n) is 14.5. The Morgan fingerprint density at radius 2 is 1.71 bits per heavy atom. The molecule has 3 rings (SSSR count). The first-order valence-corrected chi connectivity index (χ1v) is 9.23. The van der Waals surface area contributed by atoms with E-state index in [1.165, 1.54) is 5.56 Å². The van der Waals surface area contributed by atoms with Crippen molar-refractivity contribution in [1.82, 2.24) is 10.2 Å². The van der Waals surface area contributed by atoms with Gasteiger partial charge in [-0.05, 0) is 37.7 Å². The molecule has 1 atom stereocenters. The van der Waals surface area contributed by atoms with Crippen LogP contribution in [0.25, 0.3) is 0 Å². The normalized spacial score (nSPS) is 19.0. The predicted octanol–water partition coefficient (Wildman–Crippen LogP) is 2.77. The van der Waals surface area contributed by atoms with Crippen LogP contribution in [0.5, 0.6) is 0 Å². The van der Waals surface area contributed by atoms with Gasteiger partial charge in [-0.15, -0.1) is 0 Å². The van der Waals surface area contributed by atoms with E-state index >= 15 is 0 Å². The number of hydrogen-bond acceptors (Lipinski definition) is 2. The first-order chi connectivity index (χ1) is 11.6. The van der Waals surface area contributed by atoms with E-state index in [9.17, 15) is 9.59 Å². The van der Waals surface area contributed by atoms with Crippen molar-refractivity contribution in [2.75, 3.05) is 13.6 Å². The molecule has 0 unspecified atom stereocenters. The second kappa shape index (κ2) is 7.82. The molecule has 1 aromatic carbocycles. The van der Waals surface area contributed by atoms with E-state index in [1.807, 2.05) is 30.1 Å². The highest BCUT2D eigenvalue weighted by atomic mass is 16.2. The topological polar surface area (TPSA) is 49.4 Å². The molecule has 24 heavy (non-hydrogen) atoms. The highest BCUT2D eigenvalue weighted by Gasteiger charge is 2.31. The van der Waals surface area contributed by atoms with Crippen LogP contribution in [-0.4, -0.2) is 36.3 Å². The smallest absolute Gasteiger partial charge is 0.225 e. The van der Waals surface area contributed by atoms with E-state index in [0.29, 0.717) is 6.54 Å². The van der Waals surface area contributed by atoms with Gasteiger partial charge in [0.2, 0.25) is 11.8 Å². The Balaban J connectivity index is 1.61. The maximum Gasteiger partial charge on any atom is 0.225 e. The molecule has 1 aromatic rings. The monoisotopic (exact) mass is 328 g/mol. The number of amides is 2. The van der Waals surface area contributed by atoms with Crippen molar-refractivity contribution in [1.29, 1.82) is 0 Å². The SMILES string of the molecule is CN(C[C@H](Cc1ccccc1)NC(=O)C1CCC1)C(=O)C1CCC1. The number of hydrogen-bond donors (Lipinski definition) is 1. The van der Waals surface area contributed by atoms with Gasteiger partial charge in [0.05, 0.1) is 6.04 Å². The van der Waals surface area contributed by atoms with Crippen molar-refractivity contribution in [3.05, 3.63) is 35.9 Å². The van der Waals surface area contributed by atoms with Crippen molar-refractivity contribution < 1.29 is 9.59 Å². The minimum absolute atomic E-state index is 0.0190. The number of carbonyl (C=O) groups is 2. The Hall–Kier alpha value is -1.84. The quantitative estimate of drug-likeness (QED) is 0.837. The van der Waals surface area contributed by atoms with Crippen LogP contribution in [-0.2, 0) is 16.0 Å². The van der Waals surface area contributed by atoms with Crippen molar-refractivity contribution in [3.63, 3.8) is 0 Å². The number of rotatable bonds is 7. The first kappa shape index (κ1) is 17.0. The summed E-state index contributed by atoms with van der Waals surface area (Å²) in [6, 6.07) is 10.2. The van der Waals surface area contributed by atoms with E-state index in [4.69, 9.17) is 0 Å². The van der Waals surface area contributed by atoms with Gasteiger partial charge in [-0.2, -0.15) is 0 Å². The van der Waals surface area contributed by atoms with E-state index < -0.39 is 0 Å². The van der Waals surface area contributed by atoms with Gasteiger partial charge in [0.1, 0.15) is 0 Å². The van der Waals surface area contributed by atoms with Crippen molar-refractivity contribution in [2.24, 2.45) is 11.8 Å². The molecule has 2 saturated carbocycles. The van der Waals surface area contributed by atoms with Crippen LogP contribution >= 0.6 is 0 Å². The van der Waals surface area contributed by atoms with Crippen LogP contribution in [0, 0.1) is 11.8 Å². The maximum absolute atomic E-state index is 12.4. The number of nitrogens with zero attached hydrogens (tertiary/aromatic N) is 1. The summed E-state index contributed by atoms with van der Waals surface area (Å²) in [5, 5.41) is 3.20. The summed E-state index contributed by atoms with van der Waals surface area (Å²) in [4.78, 5) is 26.6. The highest BCUT2D eigenvalue weighted by Crippen LogP contribution is 2.28. The van der Waals surface area contributed by atoms with E-state index in [2.05, 4.69) is 17.4 Å². The van der Waals surface area contributed by atoms with E-state index in [-0.39, 0.29) is 29.7 Å². The van der Waals surface area contributed by atoms with Crippen molar-refractivity contribution in [2.45, 2.75) is 51.0 Å². The molecule has 4 nitrogen and oxygen atoms in total. The Labute approximate surface area is 144 Å². The number of likely N-dealkylation sites (N-methyl/N-ethyl adjacent to an activating group) is 1. The van der Waals surface area contributed by atoms with Crippen LogP contribution in [0.15, 0.2) is 30.3 Å². The standard InChI is InChI=1S/C20H28N2O2/c1-22(20(24)17-11-6-12-17)14-18(13-15-7-3-2-4-8-15)21-19(23)16-9-5-10-16/h2-4,7-8,16-18H,5-6,9-14H2,1H3,(H,21,23)/t18-/m0/s1. The number of benzene rings is 1. The van der Waals surface area contributed by atoms with Gasteiger partial charge in [-0.1, -0.05) is 43.2 Å². The van der Waals surface area contributed by atoms with Crippen molar-refractivity contribution >= 4 is 11.8 Å². The molecule has 0 heterocycles. The third kappa shape index (κ3) is 4.16. The molecular formula is C20H28N2O2. The fraction of sp³-hybridized carbons (Fsp3) is 0.600. The van der Waals surface area contributed by atoms with Crippen LogP contribution in [0.2, 0.25) is 0 Å². The summed E-state index contributed by atoms with van der Waals surface area (Å²) >= 11 is 0. The van der Waals surface area contributed by atoms with Gasteiger partial charge in [-0.25, -0.2) is 0 Å². The molecule has 0 aliphatic heterocycles. The summed E-state index contributed by atoms with van der Waals surface area (Å²) in [5.41, 5.74) is 1.20. The molecule has 2 fully saturated rings. The lowest BCUT2D eigenvalue weighted by molar-refractivity contribution is -0.138. The van der Waals surface area contributed by atoms with Crippen molar-refractivity contribution in [3.8, 4) is 0 Å². The minimum Gasteiger partial charge on any atom is -0.351 e.